The quantitative estimate of drug-likeness (QED) is 0.736. The molecule has 3 aromatic rings. The van der Waals surface area contributed by atoms with Crippen LogP contribution in [0.3, 0.4) is 0 Å². The van der Waals surface area contributed by atoms with E-state index in [1.807, 2.05) is 0 Å². The van der Waals surface area contributed by atoms with Gasteiger partial charge in [0.25, 0.3) is 0 Å². The van der Waals surface area contributed by atoms with Gasteiger partial charge in [0.1, 0.15) is 11.3 Å². The van der Waals surface area contributed by atoms with Crippen molar-refractivity contribution >= 4 is 44.6 Å². The predicted octanol–water partition coefficient (Wildman–Crippen LogP) is 3.56. The Bertz CT molecular complexity index is 787. The molecule has 3 rings (SSSR count). The van der Waals surface area contributed by atoms with Gasteiger partial charge in [0.15, 0.2) is 5.65 Å². The highest BCUT2D eigenvalue weighted by atomic mass is 79.9. The highest BCUT2D eigenvalue weighted by molar-refractivity contribution is 9.10. The van der Waals surface area contributed by atoms with Gasteiger partial charge in [-0.1, -0.05) is 11.6 Å². The van der Waals surface area contributed by atoms with Crippen LogP contribution in [0.1, 0.15) is 0 Å². The summed E-state index contributed by atoms with van der Waals surface area (Å²) in [6, 6.07) is 5.99. The second-order valence-corrected chi connectivity index (χ2v) is 5.19. The molecule has 0 saturated heterocycles. The summed E-state index contributed by atoms with van der Waals surface area (Å²) in [6.45, 7) is 0. The molecular formula is C12H7BrClFN4. The van der Waals surface area contributed by atoms with Crippen LogP contribution in [-0.2, 0) is 0 Å². The fourth-order valence-corrected chi connectivity index (χ4v) is 2.54. The van der Waals surface area contributed by atoms with Crippen molar-refractivity contribution < 1.29 is 4.39 Å². The predicted molar refractivity (Wildman–Crippen MR) is 75.9 cm³/mol. The van der Waals surface area contributed by atoms with E-state index in [4.69, 9.17) is 17.3 Å². The number of hydrogen-bond acceptors (Lipinski definition) is 3. The smallest absolute Gasteiger partial charge is 0.207 e. The van der Waals surface area contributed by atoms with Crippen molar-refractivity contribution in [1.82, 2.24) is 14.5 Å². The van der Waals surface area contributed by atoms with E-state index in [2.05, 4.69) is 25.9 Å². The number of hydrogen-bond donors (Lipinski definition) is 1. The zero-order valence-corrected chi connectivity index (χ0v) is 11.8. The standard InChI is InChI=1S/C12H7BrClFN4/c13-8-4-7(15)1-2-10(8)19-11-9(18-12(19)16)3-6(14)5-17-11/h1-5H,(H2,16,18). The maximum absolute atomic E-state index is 13.1. The molecule has 4 nitrogen and oxygen atoms in total. The molecule has 0 aliphatic heterocycles. The van der Waals surface area contributed by atoms with E-state index in [0.717, 1.165) is 0 Å². The monoisotopic (exact) mass is 340 g/mol. The van der Waals surface area contributed by atoms with Crippen molar-refractivity contribution in [2.45, 2.75) is 0 Å². The fraction of sp³-hybridized carbons (Fsp3) is 0. The minimum atomic E-state index is -0.338. The summed E-state index contributed by atoms with van der Waals surface area (Å²) < 4.78 is 15.3. The normalized spacial score (nSPS) is 11.1. The lowest BCUT2D eigenvalue weighted by atomic mass is 10.3. The molecule has 0 aliphatic carbocycles. The van der Waals surface area contributed by atoms with Gasteiger partial charge in [-0.2, -0.15) is 0 Å². The van der Waals surface area contributed by atoms with Gasteiger partial charge < -0.3 is 5.73 Å². The lowest BCUT2D eigenvalue weighted by molar-refractivity contribution is 0.626. The van der Waals surface area contributed by atoms with Crippen LogP contribution < -0.4 is 5.73 Å². The summed E-state index contributed by atoms with van der Waals surface area (Å²) in [5, 5.41) is 0.482. The van der Waals surface area contributed by atoms with Gasteiger partial charge in [-0.3, -0.25) is 4.57 Å². The maximum atomic E-state index is 13.1. The molecule has 0 fully saturated rings. The van der Waals surface area contributed by atoms with E-state index in [1.54, 1.807) is 16.7 Å². The molecule has 0 aliphatic rings. The molecular weight excluding hydrogens is 335 g/mol. The number of fused-ring (bicyclic) bond motifs is 1. The molecule has 0 amide bonds. The lowest BCUT2D eigenvalue weighted by Gasteiger charge is -2.08. The molecule has 0 saturated carbocycles. The summed E-state index contributed by atoms with van der Waals surface area (Å²) in [5.74, 6) is -0.0771. The molecule has 7 heteroatoms. The molecule has 96 valence electrons. The molecule has 2 aromatic heterocycles. The van der Waals surface area contributed by atoms with E-state index in [9.17, 15) is 4.39 Å². The van der Waals surface area contributed by atoms with Crippen LogP contribution in [0.25, 0.3) is 16.9 Å². The number of nitrogen functional groups attached to an aromatic ring is 1. The molecule has 0 atom stereocenters. The minimum absolute atomic E-state index is 0.261. The number of nitrogens with zero attached hydrogens (tertiary/aromatic N) is 3. The topological polar surface area (TPSA) is 56.7 Å². The van der Waals surface area contributed by atoms with Crippen LogP contribution in [0.15, 0.2) is 34.9 Å². The summed E-state index contributed by atoms with van der Waals surface area (Å²) in [5.41, 5.74) is 7.71. The van der Waals surface area contributed by atoms with E-state index in [-0.39, 0.29) is 11.8 Å². The average molecular weight is 342 g/mol. The number of rotatable bonds is 1. The summed E-state index contributed by atoms with van der Waals surface area (Å²) in [4.78, 5) is 8.41. The number of halogens is 3. The number of benzene rings is 1. The third kappa shape index (κ3) is 2.06. The van der Waals surface area contributed by atoms with E-state index in [0.29, 0.717) is 26.3 Å². The van der Waals surface area contributed by atoms with Gasteiger partial charge in [0.2, 0.25) is 5.95 Å². The summed E-state index contributed by atoms with van der Waals surface area (Å²) >= 11 is 9.17. The van der Waals surface area contributed by atoms with Crippen molar-refractivity contribution in [3.8, 4) is 5.69 Å². The van der Waals surface area contributed by atoms with E-state index in [1.165, 1.54) is 18.3 Å². The van der Waals surface area contributed by atoms with Crippen LogP contribution >= 0.6 is 27.5 Å². The SMILES string of the molecule is Nc1nc2cc(Cl)cnc2n1-c1ccc(F)cc1Br. The van der Waals surface area contributed by atoms with Gasteiger partial charge >= 0.3 is 0 Å². The molecule has 0 radical (unpaired) electrons. The largest absolute Gasteiger partial charge is 0.369 e. The Balaban J connectivity index is 2.33. The maximum Gasteiger partial charge on any atom is 0.207 e. The Hall–Kier alpha value is -1.66. The zero-order chi connectivity index (χ0) is 13.6. The van der Waals surface area contributed by atoms with Gasteiger partial charge in [-0.15, -0.1) is 0 Å². The molecule has 0 unspecified atom stereocenters. The fourth-order valence-electron chi connectivity index (χ4n) is 1.86. The molecule has 19 heavy (non-hydrogen) atoms. The van der Waals surface area contributed by atoms with Crippen LogP contribution in [0.5, 0.6) is 0 Å². The molecule has 1 aromatic carbocycles. The second-order valence-electron chi connectivity index (χ2n) is 3.90. The summed E-state index contributed by atoms with van der Waals surface area (Å²) in [6.07, 6.45) is 1.51. The van der Waals surface area contributed by atoms with E-state index >= 15 is 0 Å². The van der Waals surface area contributed by atoms with Crippen LogP contribution in [0.2, 0.25) is 5.02 Å². The number of aromatic nitrogens is 3. The number of pyridine rings is 1. The summed E-state index contributed by atoms with van der Waals surface area (Å²) in [7, 11) is 0. The van der Waals surface area contributed by atoms with Crippen molar-refractivity contribution in [2.75, 3.05) is 5.73 Å². The molecule has 2 N–H and O–H groups in total. The Kier molecular flexibility index (Phi) is 2.91. The van der Waals surface area contributed by atoms with Gasteiger partial charge in [-0.05, 0) is 40.2 Å². The number of nitrogens with two attached hydrogens (primary N) is 1. The van der Waals surface area contributed by atoms with Gasteiger partial charge in [0.05, 0.1) is 10.7 Å². The Labute approximate surface area is 121 Å². The zero-order valence-electron chi connectivity index (χ0n) is 9.44. The van der Waals surface area contributed by atoms with Gasteiger partial charge in [-0.25, -0.2) is 14.4 Å². The number of anilines is 1. The molecule has 0 bridgehead atoms. The lowest BCUT2D eigenvalue weighted by Crippen LogP contribution is -2.02. The molecule has 2 heterocycles. The highest BCUT2D eigenvalue weighted by Crippen LogP contribution is 2.28. The first kappa shape index (κ1) is 12.4. The highest BCUT2D eigenvalue weighted by Gasteiger charge is 2.14. The van der Waals surface area contributed by atoms with Gasteiger partial charge in [0, 0.05) is 10.7 Å². The second kappa shape index (κ2) is 4.47. The van der Waals surface area contributed by atoms with Crippen molar-refractivity contribution in [3.63, 3.8) is 0 Å². The average Bonchev–Trinajstić information content (AvgIpc) is 2.65. The van der Waals surface area contributed by atoms with Crippen molar-refractivity contribution in [3.05, 3.63) is 45.8 Å². The van der Waals surface area contributed by atoms with Crippen molar-refractivity contribution in [2.24, 2.45) is 0 Å². The first-order chi connectivity index (χ1) is 9.06. The van der Waals surface area contributed by atoms with Crippen LogP contribution in [-0.4, -0.2) is 14.5 Å². The first-order valence-electron chi connectivity index (χ1n) is 5.31. The Morgan fingerprint density at radius 2 is 2.11 bits per heavy atom. The van der Waals surface area contributed by atoms with Crippen LogP contribution in [0, 0.1) is 5.82 Å². The van der Waals surface area contributed by atoms with Crippen molar-refractivity contribution in [1.29, 1.82) is 0 Å². The minimum Gasteiger partial charge on any atom is -0.369 e. The van der Waals surface area contributed by atoms with E-state index < -0.39 is 0 Å². The number of imidazole rings is 1. The Morgan fingerprint density at radius 1 is 1.32 bits per heavy atom. The third-order valence-corrected chi connectivity index (χ3v) is 3.48. The Morgan fingerprint density at radius 3 is 2.84 bits per heavy atom. The molecule has 0 spiro atoms. The van der Waals surface area contributed by atoms with Crippen LogP contribution in [0.4, 0.5) is 10.3 Å². The third-order valence-electron chi connectivity index (χ3n) is 2.64. The first-order valence-corrected chi connectivity index (χ1v) is 6.48.